The zero-order valence-corrected chi connectivity index (χ0v) is 27.4. The minimum Gasteiger partial charge on any atom is -0.462 e. The smallest absolute Gasteiger partial charge is 0.462 e. The zero-order chi connectivity index (χ0) is 33.0. The molecule has 1 aliphatic rings. The number of carbonyl (C=O) groups excluding carboxylic acids is 2. The highest BCUT2D eigenvalue weighted by Crippen LogP contribution is 2.47. The summed E-state index contributed by atoms with van der Waals surface area (Å²) in [6.07, 6.45) is 6.45. The van der Waals surface area contributed by atoms with Crippen LogP contribution in [-0.4, -0.2) is 98.3 Å². The molecule has 0 aromatic heterocycles. The molecule has 0 aromatic rings. The van der Waals surface area contributed by atoms with E-state index in [4.69, 9.17) is 18.5 Å². The standard InChI is InChI=1S/C30H57O13P/c1-3-4-5-6-7-8-9-10-11-12-13-14-15-16-17-18-19-24(32)40-20-23(42-22(2)31)21-41-44(38,39)43-30-28(36)26(34)25(33)27(35)29(30)37/h23,25-30,33-37H,3-21H2,1-2H3,(H,38,39)/t23-,25?,26-,27?,28?,29?,30?/m1/s1. The van der Waals surface area contributed by atoms with E-state index in [1.165, 1.54) is 77.0 Å². The van der Waals surface area contributed by atoms with Crippen molar-refractivity contribution in [3.63, 3.8) is 0 Å². The topological polar surface area (TPSA) is 210 Å². The molecule has 0 saturated heterocycles. The van der Waals surface area contributed by atoms with Crippen LogP contribution in [0.2, 0.25) is 0 Å². The summed E-state index contributed by atoms with van der Waals surface area (Å²) in [6, 6.07) is 0. The summed E-state index contributed by atoms with van der Waals surface area (Å²) in [5.41, 5.74) is 0. The molecular weight excluding hydrogens is 599 g/mol. The molecule has 1 saturated carbocycles. The van der Waals surface area contributed by atoms with Crippen molar-refractivity contribution < 1.29 is 63.1 Å². The van der Waals surface area contributed by atoms with Gasteiger partial charge in [-0.2, -0.15) is 0 Å². The number of ether oxygens (including phenoxy) is 2. The maximum Gasteiger partial charge on any atom is 0.472 e. The van der Waals surface area contributed by atoms with Crippen LogP contribution < -0.4 is 0 Å². The number of rotatable bonds is 25. The second-order valence-electron chi connectivity index (χ2n) is 11.8. The first-order valence-electron chi connectivity index (χ1n) is 16.3. The Morgan fingerprint density at radius 1 is 0.659 bits per heavy atom. The minimum atomic E-state index is -5.06. The molecule has 0 amide bonds. The summed E-state index contributed by atoms with van der Waals surface area (Å²) in [5.74, 6) is -1.29. The summed E-state index contributed by atoms with van der Waals surface area (Å²) in [5, 5.41) is 49.1. The van der Waals surface area contributed by atoms with Crippen molar-refractivity contribution >= 4 is 19.8 Å². The summed E-state index contributed by atoms with van der Waals surface area (Å²) in [7, 11) is -5.06. The number of carbonyl (C=O) groups is 2. The molecule has 260 valence electrons. The lowest BCUT2D eigenvalue weighted by atomic mass is 9.85. The Balaban J connectivity index is 2.21. The van der Waals surface area contributed by atoms with Crippen LogP contribution in [0.5, 0.6) is 0 Å². The summed E-state index contributed by atoms with van der Waals surface area (Å²) in [6.45, 7) is 2.13. The summed E-state index contributed by atoms with van der Waals surface area (Å²) < 4.78 is 32.0. The minimum absolute atomic E-state index is 0.168. The predicted molar refractivity (Wildman–Crippen MR) is 161 cm³/mol. The predicted octanol–water partition coefficient (Wildman–Crippen LogP) is 3.43. The Labute approximate surface area is 261 Å². The van der Waals surface area contributed by atoms with Crippen molar-refractivity contribution in [2.24, 2.45) is 0 Å². The molecule has 0 aromatic carbocycles. The molecule has 0 spiro atoms. The van der Waals surface area contributed by atoms with Gasteiger partial charge in [0.05, 0.1) is 6.61 Å². The van der Waals surface area contributed by atoms with Crippen LogP contribution in [0.1, 0.15) is 123 Å². The van der Waals surface area contributed by atoms with Crippen LogP contribution in [0.25, 0.3) is 0 Å². The highest BCUT2D eigenvalue weighted by molar-refractivity contribution is 7.47. The fraction of sp³-hybridized carbons (Fsp3) is 0.933. The second kappa shape index (κ2) is 23.2. The van der Waals surface area contributed by atoms with Gasteiger partial charge >= 0.3 is 19.8 Å². The summed E-state index contributed by atoms with van der Waals surface area (Å²) in [4.78, 5) is 33.6. The molecule has 8 atom stereocenters. The third-order valence-corrected chi connectivity index (χ3v) is 8.73. The van der Waals surface area contributed by atoms with E-state index in [0.717, 1.165) is 26.2 Å². The summed E-state index contributed by atoms with van der Waals surface area (Å²) >= 11 is 0. The van der Waals surface area contributed by atoms with Crippen molar-refractivity contribution in [2.75, 3.05) is 13.2 Å². The van der Waals surface area contributed by atoms with E-state index in [1.807, 2.05) is 0 Å². The highest BCUT2D eigenvalue weighted by atomic mass is 31.2. The van der Waals surface area contributed by atoms with Crippen molar-refractivity contribution in [2.45, 2.75) is 166 Å². The average molecular weight is 657 g/mol. The van der Waals surface area contributed by atoms with E-state index < -0.39 is 75.7 Å². The molecule has 0 heterocycles. The normalized spacial score (nSPS) is 25.7. The fourth-order valence-corrected chi connectivity index (χ4v) is 6.08. The van der Waals surface area contributed by atoms with E-state index in [2.05, 4.69) is 6.92 Å². The highest BCUT2D eigenvalue weighted by Gasteiger charge is 2.51. The lowest BCUT2D eigenvalue weighted by Gasteiger charge is -2.41. The Morgan fingerprint density at radius 3 is 1.50 bits per heavy atom. The molecular formula is C30H57O13P. The van der Waals surface area contributed by atoms with Gasteiger partial charge in [-0.15, -0.1) is 0 Å². The first-order chi connectivity index (χ1) is 20.9. The number of hydrogen-bond acceptors (Lipinski definition) is 12. The van der Waals surface area contributed by atoms with E-state index >= 15 is 0 Å². The molecule has 6 unspecified atom stereocenters. The largest absolute Gasteiger partial charge is 0.472 e. The molecule has 13 nitrogen and oxygen atoms in total. The maximum atomic E-state index is 12.4. The van der Waals surface area contributed by atoms with E-state index in [1.54, 1.807) is 0 Å². The number of unbranched alkanes of at least 4 members (excludes halogenated alkanes) is 15. The Kier molecular flexibility index (Phi) is 21.6. The molecule has 6 N–H and O–H groups in total. The van der Waals surface area contributed by atoms with Crippen molar-refractivity contribution in [1.82, 2.24) is 0 Å². The monoisotopic (exact) mass is 656 g/mol. The first-order valence-corrected chi connectivity index (χ1v) is 17.8. The first kappa shape index (κ1) is 40.9. The van der Waals surface area contributed by atoms with Gasteiger partial charge in [0.25, 0.3) is 0 Å². The van der Waals surface area contributed by atoms with Gasteiger partial charge in [0.15, 0.2) is 6.10 Å². The molecule has 1 fully saturated rings. The molecule has 14 heteroatoms. The van der Waals surface area contributed by atoms with Crippen LogP contribution >= 0.6 is 7.82 Å². The Morgan fingerprint density at radius 2 is 1.07 bits per heavy atom. The van der Waals surface area contributed by atoms with Gasteiger partial charge in [0, 0.05) is 13.3 Å². The van der Waals surface area contributed by atoms with Crippen LogP contribution in [0.15, 0.2) is 0 Å². The van der Waals surface area contributed by atoms with Gasteiger partial charge in [-0.25, -0.2) is 4.57 Å². The maximum absolute atomic E-state index is 12.4. The average Bonchev–Trinajstić information content (AvgIpc) is 2.98. The van der Waals surface area contributed by atoms with Crippen LogP contribution in [-0.2, 0) is 32.7 Å². The SMILES string of the molecule is CCCCCCCCCCCCCCCCCCC(=O)OC[C@H](COP(=O)(O)OC1C(O)C(O)C(O)[C@@H](O)C1O)OC(C)=O. The van der Waals surface area contributed by atoms with E-state index in [0.29, 0.717) is 6.42 Å². The van der Waals surface area contributed by atoms with Crippen molar-refractivity contribution in [3.05, 3.63) is 0 Å². The molecule has 0 bridgehead atoms. The fourth-order valence-electron chi connectivity index (χ4n) is 5.11. The molecule has 0 radical (unpaired) electrons. The lowest BCUT2D eigenvalue weighted by Crippen LogP contribution is -2.64. The lowest BCUT2D eigenvalue weighted by molar-refractivity contribution is -0.220. The van der Waals surface area contributed by atoms with E-state index in [9.17, 15) is 44.6 Å². The Hall–Kier alpha value is -1.15. The molecule has 44 heavy (non-hydrogen) atoms. The van der Waals surface area contributed by atoms with Gasteiger partial charge in [-0.1, -0.05) is 103 Å². The van der Waals surface area contributed by atoms with Crippen LogP contribution in [0.4, 0.5) is 0 Å². The number of phosphoric ester groups is 1. The molecule has 0 aliphatic heterocycles. The zero-order valence-electron chi connectivity index (χ0n) is 26.5. The third-order valence-electron chi connectivity index (χ3n) is 7.75. The molecule has 1 aliphatic carbocycles. The van der Waals surface area contributed by atoms with Crippen molar-refractivity contribution in [1.29, 1.82) is 0 Å². The number of aliphatic hydroxyl groups excluding tert-OH is 5. The number of phosphoric acid groups is 1. The second-order valence-corrected chi connectivity index (χ2v) is 13.2. The number of aliphatic hydroxyl groups is 5. The molecule has 1 rings (SSSR count). The van der Waals surface area contributed by atoms with Gasteiger partial charge in [0.1, 0.15) is 43.2 Å². The van der Waals surface area contributed by atoms with Crippen LogP contribution in [0, 0.1) is 0 Å². The Bertz CT molecular complexity index is 813. The third kappa shape index (κ3) is 17.5. The van der Waals surface area contributed by atoms with Gasteiger partial charge in [-0.05, 0) is 6.42 Å². The number of hydrogen-bond donors (Lipinski definition) is 6. The van der Waals surface area contributed by atoms with Crippen molar-refractivity contribution in [3.8, 4) is 0 Å². The van der Waals surface area contributed by atoms with Gasteiger partial charge in [0.2, 0.25) is 0 Å². The van der Waals surface area contributed by atoms with Crippen LogP contribution in [0.3, 0.4) is 0 Å². The number of esters is 2. The van der Waals surface area contributed by atoms with E-state index in [-0.39, 0.29) is 6.42 Å². The quantitative estimate of drug-likeness (QED) is 0.0473. The van der Waals surface area contributed by atoms with Gasteiger partial charge in [-0.3, -0.25) is 18.6 Å². The van der Waals surface area contributed by atoms with Gasteiger partial charge < -0.3 is 39.9 Å².